The number of carbonyl (C=O) groups is 2. The van der Waals surface area contributed by atoms with Crippen LogP contribution in [0, 0.1) is 12.8 Å². The number of aryl methyl sites for hydroxylation is 1. The van der Waals surface area contributed by atoms with Crippen LogP contribution in [0.3, 0.4) is 0 Å². The smallest absolute Gasteiger partial charge is 0.261 e. The van der Waals surface area contributed by atoms with E-state index in [0.29, 0.717) is 40.8 Å². The average Bonchev–Trinajstić information content (AvgIpc) is 2.81. The van der Waals surface area contributed by atoms with Gasteiger partial charge in [0.25, 0.3) is 11.8 Å². The molecule has 0 saturated carbocycles. The van der Waals surface area contributed by atoms with E-state index in [1.165, 1.54) is 0 Å². The van der Waals surface area contributed by atoms with Crippen LogP contribution in [0.2, 0.25) is 0 Å². The molecule has 0 spiro atoms. The normalized spacial score (nSPS) is 10.5. The summed E-state index contributed by atoms with van der Waals surface area (Å²) in [5.74, 6) is 0.451. The molecular formula is C27H28BrN3O3S. The second kappa shape index (κ2) is 12.5. The molecule has 0 unspecified atom stereocenters. The summed E-state index contributed by atoms with van der Waals surface area (Å²) < 4.78 is 6.59. The number of rotatable bonds is 8. The maximum atomic E-state index is 12.9. The Balaban J connectivity index is 1.58. The summed E-state index contributed by atoms with van der Waals surface area (Å²) >= 11 is 8.73. The van der Waals surface area contributed by atoms with Crippen molar-refractivity contribution >= 4 is 56.4 Å². The van der Waals surface area contributed by atoms with Gasteiger partial charge in [0.2, 0.25) is 0 Å². The highest BCUT2D eigenvalue weighted by Crippen LogP contribution is 2.24. The summed E-state index contributed by atoms with van der Waals surface area (Å²) in [6, 6.07) is 19.7. The molecule has 0 aliphatic rings. The third-order valence-electron chi connectivity index (χ3n) is 5.05. The summed E-state index contributed by atoms with van der Waals surface area (Å²) in [7, 11) is 0. The molecule has 0 bridgehead atoms. The Bertz CT molecular complexity index is 1210. The molecule has 0 aliphatic heterocycles. The first-order valence-electron chi connectivity index (χ1n) is 11.2. The molecule has 2 amide bonds. The lowest BCUT2D eigenvalue weighted by atomic mass is 10.1. The second-order valence-corrected chi connectivity index (χ2v) is 9.80. The molecule has 182 valence electrons. The molecule has 0 saturated heterocycles. The van der Waals surface area contributed by atoms with Gasteiger partial charge >= 0.3 is 0 Å². The molecule has 35 heavy (non-hydrogen) atoms. The van der Waals surface area contributed by atoms with Crippen LogP contribution in [0.1, 0.15) is 46.5 Å². The van der Waals surface area contributed by atoms with Crippen LogP contribution in [0.25, 0.3) is 0 Å². The van der Waals surface area contributed by atoms with Crippen molar-refractivity contribution in [2.24, 2.45) is 5.92 Å². The Kier molecular flexibility index (Phi) is 9.39. The molecule has 6 nitrogen and oxygen atoms in total. The average molecular weight is 555 g/mol. The van der Waals surface area contributed by atoms with Crippen molar-refractivity contribution in [2.45, 2.75) is 27.2 Å². The number of thiocarbonyl (C=S) groups is 1. The first-order chi connectivity index (χ1) is 16.7. The number of amides is 2. The zero-order valence-corrected chi connectivity index (χ0v) is 22.3. The molecule has 0 aliphatic carbocycles. The fourth-order valence-corrected chi connectivity index (χ4v) is 3.74. The van der Waals surface area contributed by atoms with Crippen molar-refractivity contribution in [1.82, 2.24) is 5.32 Å². The van der Waals surface area contributed by atoms with Crippen molar-refractivity contribution in [1.29, 1.82) is 0 Å². The molecule has 8 heteroatoms. The molecule has 0 fully saturated rings. The minimum Gasteiger partial charge on any atom is -0.493 e. The van der Waals surface area contributed by atoms with Crippen molar-refractivity contribution < 1.29 is 14.3 Å². The van der Waals surface area contributed by atoms with Gasteiger partial charge in [-0.2, -0.15) is 0 Å². The first kappa shape index (κ1) is 26.4. The molecule has 3 rings (SSSR count). The summed E-state index contributed by atoms with van der Waals surface area (Å²) in [5.41, 5.74) is 3.32. The highest BCUT2D eigenvalue weighted by atomic mass is 79.9. The van der Waals surface area contributed by atoms with Crippen molar-refractivity contribution in [3.8, 4) is 5.75 Å². The van der Waals surface area contributed by atoms with Gasteiger partial charge in [0, 0.05) is 21.4 Å². The van der Waals surface area contributed by atoms with E-state index in [9.17, 15) is 9.59 Å². The van der Waals surface area contributed by atoms with Gasteiger partial charge in [0.1, 0.15) is 5.75 Å². The van der Waals surface area contributed by atoms with E-state index >= 15 is 0 Å². The fourth-order valence-electron chi connectivity index (χ4n) is 3.17. The Morgan fingerprint density at radius 1 is 0.943 bits per heavy atom. The predicted octanol–water partition coefficient (Wildman–Crippen LogP) is 6.56. The lowest BCUT2D eigenvalue weighted by Crippen LogP contribution is -2.34. The predicted molar refractivity (Wildman–Crippen MR) is 148 cm³/mol. The maximum absolute atomic E-state index is 12.9. The number of hydrogen-bond donors (Lipinski definition) is 3. The van der Waals surface area contributed by atoms with Gasteiger partial charge < -0.3 is 15.4 Å². The van der Waals surface area contributed by atoms with E-state index in [4.69, 9.17) is 17.0 Å². The number of carbonyl (C=O) groups excluding carboxylic acids is 2. The Morgan fingerprint density at radius 3 is 2.29 bits per heavy atom. The highest BCUT2D eigenvalue weighted by molar-refractivity contribution is 9.10. The van der Waals surface area contributed by atoms with E-state index < -0.39 is 0 Å². The van der Waals surface area contributed by atoms with E-state index in [-0.39, 0.29) is 16.9 Å². The maximum Gasteiger partial charge on any atom is 0.261 e. The Labute approximate surface area is 219 Å². The minimum atomic E-state index is -0.370. The van der Waals surface area contributed by atoms with E-state index in [1.54, 1.807) is 42.5 Å². The van der Waals surface area contributed by atoms with Crippen molar-refractivity contribution in [2.75, 3.05) is 17.2 Å². The van der Waals surface area contributed by atoms with E-state index in [1.807, 2.05) is 31.2 Å². The SMILES string of the molecule is Cc1cccc(C(=O)Nc2ccc(NC(=S)NC(=O)c3cc(Br)ccc3OCCC(C)C)cc2)c1. The highest BCUT2D eigenvalue weighted by Gasteiger charge is 2.15. The monoisotopic (exact) mass is 553 g/mol. The molecule has 3 aromatic carbocycles. The largest absolute Gasteiger partial charge is 0.493 e. The second-order valence-electron chi connectivity index (χ2n) is 8.48. The van der Waals surface area contributed by atoms with Crippen LogP contribution in [0.4, 0.5) is 11.4 Å². The van der Waals surface area contributed by atoms with Gasteiger partial charge in [-0.1, -0.05) is 47.5 Å². The Morgan fingerprint density at radius 2 is 1.63 bits per heavy atom. The number of nitrogens with one attached hydrogen (secondary N) is 3. The van der Waals surface area contributed by atoms with Gasteiger partial charge in [-0.25, -0.2) is 0 Å². The number of anilines is 2. The van der Waals surface area contributed by atoms with Crippen LogP contribution in [0.5, 0.6) is 5.75 Å². The summed E-state index contributed by atoms with van der Waals surface area (Å²) in [6.45, 7) is 6.70. The zero-order chi connectivity index (χ0) is 25.4. The van der Waals surface area contributed by atoms with Crippen LogP contribution in [0.15, 0.2) is 71.2 Å². The van der Waals surface area contributed by atoms with Crippen LogP contribution < -0.4 is 20.7 Å². The van der Waals surface area contributed by atoms with E-state index in [2.05, 4.69) is 45.7 Å². The number of benzene rings is 3. The van der Waals surface area contributed by atoms with Gasteiger partial charge in [-0.15, -0.1) is 0 Å². The molecule has 0 heterocycles. The zero-order valence-electron chi connectivity index (χ0n) is 19.9. The molecule has 0 radical (unpaired) electrons. The molecule has 0 atom stereocenters. The topological polar surface area (TPSA) is 79.5 Å². The lowest BCUT2D eigenvalue weighted by molar-refractivity contribution is 0.0972. The van der Waals surface area contributed by atoms with Crippen LogP contribution in [-0.2, 0) is 0 Å². The summed E-state index contributed by atoms with van der Waals surface area (Å²) in [4.78, 5) is 25.3. The number of ether oxygens (including phenoxy) is 1. The van der Waals surface area contributed by atoms with Crippen molar-refractivity contribution in [3.05, 3.63) is 87.9 Å². The molecule has 3 N–H and O–H groups in total. The lowest BCUT2D eigenvalue weighted by Gasteiger charge is -2.14. The van der Waals surface area contributed by atoms with Gasteiger partial charge in [-0.05, 0) is 86.1 Å². The van der Waals surface area contributed by atoms with Crippen LogP contribution in [-0.4, -0.2) is 23.5 Å². The minimum absolute atomic E-state index is 0.152. The fraction of sp³-hybridized carbons (Fsp3) is 0.222. The van der Waals surface area contributed by atoms with Crippen LogP contribution >= 0.6 is 28.1 Å². The van der Waals surface area contributed by atoms with E-state index in [0.717, 1.165) is 16.5 Å². The molecule has 0 aromatic heterocycles. The third kappa shape index (κ3) is 8.19. The standard InChI is InChI=1S/C27H28BrN3O3S/c1-17(2)13-14-34-24-12-7-20(28)16-23(24)26(33)31-27(35)30-22-10-8-21(9-11-22)29-25(32)19-6-4-5-18(3)15-19/h4-12,15-17H,13-14H2,1-3H3,(H,29,32)(H2,30,31,33,35). The van der Waals surface area contributed by atoms with Gasteiger partial charge in [0.05, 0.1) is 12.2 Å². The van der Waals surface area contributed by atoms with Gasteiger partial charge in [-0.3, -0.25) is 14.9 Å². The molecular weight excluding hydrogens is 526 g/mol. The third-order valence-corrected chi connectivity index (χ3v) is 5.74. The summed E-state index contributed by atoms with van der Waals surface area (Å²) in [5, 5.41) is 8.70. The number of hydrogen-bond acceptors (Lipinski definition) is 4. The quantitative estimate of drug-likeness (QED) is 0.275. The molecule has 3 aromatic rings. The first-order valence-corrected chi connectivity index (χ1v) is 12.4. The summed E-state index contributed by atoms with van der Waals surface area (Å²) in [6.07, 6.45) is 0.887. The van der Waals surface area contributed by atoms with Crippen molar-refractivity contribution in [3.63, 3.8) is 0 Å². The Hall–Kier alpha value is -3.23. The van der Waals surface area contributed by atoms with Gasteiger partial charge in [0.15, 0.2) is 5.11 Å². The number of halogens is 1.